The van der Waals surface area contributed by atoms with Gasteiger partial charge in [-0.3, -0.25) is 0 Å². The summed E-state index contributed by atoms with van der Waals surface area (Å²) in [4.78, 5) is 11.9. The monoisotopic (exact) mass is 308 g/mol. The van der Waals surface area contributed by atoms with Gasteiger partial charge in [0.15, 0.2) is 0 Å². The smallest absolute Gasteiger partial charge is 0.319 e. The Hall–Kier alpha value is -1.75. The van der Waals surface area contributed by atoms with Gasteiger partial charge in [0.25, 0.3) is 0 Å². The molecule has 1 rings (SSSR count). The highest BCUT2D eigenvalue weighted by Crippen LogP contribution is 2.21. The molecule has 0 saturated heterocycles. The van der Waals surface area contributed by atoms with E-state index in [0.717, 1.165) is 23.4 Å². The molecular formula is C17H28N2O3. The normalized spacial score (nSPS) is 13.6. The van der Waals surface area contributed by atoms with Crippen molar-refractivity contribution in [3.63, 3.8) is 0 Å². The van der Waals surface area contributed by atoms with Gasteiger partial charge in [-0.05, 0) is 49.9 Å². The van der Waals surface area contributed by atoms with Gasteiger partial charge in [-0.15, -0.1) is 0 Å². The van der Waals surface area contributed by atoms with Crippen LogP contribution >= 0.6 is 0 Å². The number of carbonyl (C=O) groups excluding carboxylic acids is 1. The van der Waals surface area contributed by atoms with Crippen molar-refractivity contribution >= 4 is 11.7 Å². The maximum atomic E-state index is 11.9. The summed E-state index contributed by atoms with van der Waals surface area (Å²) in [6.07, 6.45) is 0.956. The fourth-order valence-corrected chi connectivity index (χ4v) is 1.72. The van der Waals surface area contributed by atoms with Crippen molar-refractivity contribution in [2.75, 3.05) is 18.5 Å². The predicted octanol–water partition coefficient (Wildman–Crippen LogP) is 3.31. The number of carbonyl (C=O) groups is 1. The number of benzene rings is 1. The Balaban J connectivity index is 2.58. The first kappa shape index (κ1) is 18.3. The number of aryl methyl sites for hydroxylation is 1. The van der Waals surface area contributed by atoms with E-state index in [9.17, 15) is 9.90 Å². The van der Waals surface area contributed by atoms with Crippen molar-refractivity contribution in [3.8, 4) is 5.75 Å². The summed E-state index contributed by atoms with van der Waals surface area (Å²) in [6.45, 7) is 10.4. The van der Waals surface area contributed by atoms with Crippen molar-refractivity contribution in [1.82, 2.24) is 5.32 Å². The molecule has 0 aliphatic rings. The zero-order chi connectivity index (χ0) is 16.8. The second-order valence-electron chi connectivity index (χ2n) is 6.14. The van der Waals surface area contributed by atoms with E-state index in [0.29, 0.717) is 6.61 Å². The van der Waals surface area contributed by atoms with Crippen LogP contribution in [0.15, 0.2) is 18.2 Å². The molecule has 22 heavy (non-hydrogen) atoms. The predicted molar refractivity (Wildman–Crippen MR) is 89.4 cm³/mol. The molecule has 0 aliphatic carbocycles. The number of hydrogen-bond acceptors (Lipinski definition) is 3. The summed E-state index contributed by atoms with van der Waals surface area (Å²) in [5, 5.41) is 15.6. The lowest BCUT2D eigenvalue weighted by atomic mass is 9.93. The minimum Gasteiger partial charge on any atom is -0.494 e. The number of nitrogens with one attached hydrogen (secondary N) is 2. The minimum absolute atomic E-state index is 0.0598. The van der Waals surface area contributed by atoms with Gasteiger partial charge in [0.05, 0.1) is 12.2 Å². The number of amides is 2. The van der Waals surface area contributed by atoms with E-state index in [4.69, 9.17) is 4.74 Å². The van der Waals surface area contributed by atoms with Crippen LogP contribution in [-0.4, -0.2) is 29.9 Å². The second kappa shape index (κ2) is 8.03. The molecule has 5 heteroatoms. The summed E-state index contributed by atoms with van der Waals surface area (Å²) in [5.41, 5.74) is 0.731. The Morgan fingerprint density at radius 2 is 2.09 bits per heavy atom. The molecule has 0 saturated carbocycles. The molecule has 0 bridgehead atoms. The van der Waals surface area contributed by atoms with E-state index in [1.807, 2.05) is 39.0 Å². The minimum atomic E-state index is -0.926. The Kier molecular flexibility index (Phi) is 6.68. The maximum absolute atomic E-state index is 11.9. The maximum Gasteiger partial charge on any atom is 0.319 e. The van der Waals surface area contributed by atoms with Gasteiger partial charge in [0.1, 0.15) is 5.75 Å². The van der Waals surface area contributed by atoms with Gasteiger partial charge in [0, 0.05) is 12.2 Å². The van der Waals surface area contributed by atoms with Gasteiger partial charge in [-0.2, -0.15) is 0 Å². The van der Waals surface area contributed by atoms with Crippen molar-refractivity contribution in [2.45, 2.75) is 46.6 Å². The molecule has 0 aromatic heterocycles. The molecule has 2 amide bonds. The largest absolute Gasteiger partial charge is 0.494 e. The standard InChI is InChI=1S/C17H28N2O3/c1-6-9-22-14-7-8-15(13(4)10-14)19-16(20)18-11-17(5,21)12(2)3/h7-8,10,12,21H,6,9,11H2,1-5H3,(H2,18,19,20). The Bertz CT molecular complexity index is 499. The van der Waals surface area contributed by atoms with Crippen molar-refractivity contribution in [1.29, 1.82) is 0 Å². The summed E-state index contributed by atoms with van der Waals surface area (Å²) in [7, 11) is 0. The second-order valence-corrected chi connectivity index (χ2v) is 6.14. The molecule has 1 unspecified atom stereocenters. The molecule has 124 valence electrons. The van der Waals surface area contributed by atoms with Gasteiger partial charge >= 0.3 is 6.03 Å². The number of hydrogen-bond donors (Lipinski definition) is 3. The van der Waals surface area contributed by atoms with Crippen LogP contribution in [0.5, 0.6) is 5.75 Å². The molecule has 3 N–H and O–H groups in total. The summed E-state index contributed by atoms with van der Waals surface area (Å²) < 4.78 is 5.55. The van der Waals surface area contributed by atoms with Gasteiger partial charge < -0.3 is 20.5 Å². The Morgan fingerprint density at radius 1 is 1.41 bits per heavy atom. The van der Waals surface area contributed by atoms with E-state index >= 15 is 0 Å². The highest BCUT2D eigenvalue weighted by Gasteiger charge is 2.25. The summed E-state index contributed by atoms with van der Waals surface area (Å²) in [5.74, 6) is 0.859. The highest BCUT2D eigenvalue weighted by atomic mass is 16.5. The fraction of sp³-hybridized carbons (Fsp3) is 0.588. The van der Waals surface area contributed by atoms with Crippen molar-refractivity contribution in [2.24, 2.45) is 5.92 Å². The molecule has 1 aromatic rings. The molecule has 0 aliphatic heterocycles. The molecule has 0 spiro atoms. The van der Waals surface area contributed by atoms with Crippen LogP contribution in [0.3, 0.4) is 0 Å². The number of aliphatic hydroxyl groups is 1. The first-order chi connectivity index (χ1) is 10.3. The third-order valence-corrected chi connectivity index (χ3v) is 3.77. The molecule has 0 heterocycles. The van der Waals surface area contributed by atoms with E-state index in [1.165, 1.54) is 0 Å². The lowest BCUT2D eigenvalue weighted by Crippen LogP contribution is -2.45. The third-order valence-electron chi connectivity index (χ3n) is 3.77. The van der Waals surface area contributed by atoms with Crippen molar-refractivity contribution in [3.05, 3.63) is 23.8 Å². The SMILES string of the molecule is CCCOc1ccc(NC(=O)NCC(C)(O)C(C)C)c(C)c1. The Morgan fingerprint density at radius 3 is 2.64 bits per heavy atom. The van der Waals surface area contributed by atoms with Gasteiger partial charge in [-0.1, -0.05) is 20.8 Å². The number of urea groups is 1. The van der Waals surface area contributed by atoms with Crippen LogP contribution < -0.4 is 15.4 Å². The topological polar surface area (TPSA) is 70.6 Å². The zero-order valence-corrected chi connectivity index (χ0v) is 14.2. The van der Waals surface area contributed by atoms with Crippen LogP contribution in [0, 0.1) is 12.8 Å². The van der Waals surface area contributed by atoms with Crippen LogP contribution in [0.25, 0.3) is 0 Å². The molecule has 1 atom stereocenters. The van der Waals surface area contributed by atoms with E-state index in [2.05, 4.69) is 17.6 Å². The number of ether oxygens (including phenoxy) is 1. The third kappa shape index (κ3) is 5.56. The van der Waals surface area contributed by atoms with E-state index < -0.39 is 5.60 Å². The summed E-state index contributed by atoms with van der Waals surface area (Å²) in [6, 6.07) is 5.23. The van der Waals surface area contributed by atoms with E-state index in [-0.39, 0.29) is 18.5 Å². The number of rotatable bonds is 7. The molecule has 0 fully saturated rings. The number of anilines is 1. The van der Waals surface area contributed by atoms with Crippen LogP contribution in [0.4, 0.5) is 10.5 Å². The molecule has 5 nitrogen and oxygen atoms in total. The van der Waals surface area contributed by atoms with Crippen LogP contribution in [-0.2, 0) is 0 Å². The molecule has 0 radical (unpaired) electrons. The van der Waals surface area contributed by atoms with Gasteiger partial charge in [0.2, 0.25) is 0 Å². The lowest BCUT2D eigenvalue weighted by Gasteiger charge is -2.27. The highest BCUT2D eigenvalue weighted by molar-refractivity contribution is 5.90. The summed E-state index contributed by atoms with van der Waals surface area (Å²) >= 11 is 0. The molecular weight excluding hydrogens is 280 g/mol. The fourth-order valence-electron chi connectivity index (χ4n) is 1.72. The quantitative estimate of drug-likeness (QED) is 0.723. The van der Waals surface area contributed by atoms with Gasteiger partial charge in [-0.25, -0.2) is 4.79 Å². The average Bonchev–Trinajstić information content (AvgIpc) is 2.45. The van der Waals surface area contributed by atoms with Crippen LogP contribution in [0.1, 0.15) is 39.7 Å². The first-order valence-electron chi connectivity index (χ1n) is 7.77. The first-order valence-corrected chi connectivity index (χ1v) is 7.77. The van der Waals surface area contributed by atoms with Crippen molar-refractivity contribution < 1.29 is 14.6 Å². The average molecular weight is 308 g/mol. The zero-order valence-electron chi connectivity index (χ0n) is 14.2. The lowest BCUT2D eigenvalue weighted by molar-refractivity contribution is 0.0170. The Labute approximate surface area is 133 Å². The molecule has 1 aromatic carbocycles. The van der Waals surface area contributed by atoms with Crippen LogP contribution in [0.2, 0.25) is 0 Å². The van der Waals surface area contributed by atoms with E-state index in [1.54, 1.807) is 6.92 Å².